The Labute approximate surface area is 101 Å². The van der Waals surface area contributed by atoms with Crippen LogP contribution >= 0.6 is 11.8 Å². The fraction of sp³-hybridized carbons (Fsp3) is 0.800. The van der Waals surface area contributed by atoms with E-state index in [1.807, 2.05) is 18.0 Å². The Hall–Kier alpha value is -0.590. The minimum absolute atomic E-state index is 0.193. The summed E-state index contributed by atoms with van der Waals surface area (Å²) in [5.74, 6) is 1.10. The molecular weight excluding hydrogens is 224 g/mol. The summed E-state index contributed by atoms with van der Waals surface area (Å²) in [5.41, 5.74) is 0.950. The number of aliphatic hydroxyl groups is 1. The maximum atomic E-state index is 8.69. The summed E-state index contributed by atoms with van der Waals surface area (Å²) >= 11 is 1.83. The van der Waals surface area contributed by atoms with Crippen molar-refractivity contribution in [2.75, 3.05) is 18.6 Å². The number of nitrogens with zero attached hydrogens (tertiary/aromatic N) is 3. The number of hydrogen-bond acceptors (Lipinski definition) is 5. The third kappa shape index (κ3) is 4.96. The molecule has 0 aliphatic carbocycles. The van der Waals surface area contributed by atoms with Gasteiger partial charge in [0.15, 0.2) is 0 Å². The van der Waals surface area contributed by atoms with E-state index in [-0.39, 0.29) is 6.61 Å². The molecule has 0 saturated carbocycles. The van der Waals surface area contributed by atoms with Crippen LogP contribution in [-0.4, -0.2) is 44.8 Å². The number of nitrogens with one attached hydrogen (secondary N) is 1. The second kappa shape index (κ2) is 7.65. The van der Waals surface area contributed by atoms with Crippen LogP contribution in [0.5, 0.6) is 0 Å². The number of thioether (sulfide) groups is 1. The lowest BCUT2D eigenvalue weighted by Crippen LogP contribution is -2.27. The minimum atomic E-state index is 0.193. The zero-order valence-corrected chi connectivity index (χ0v) is 10.7. The smallest absolute Gasteiger partial charge is 0.0964 e. The molecule has 1 heterocycles. The Kier molecular flexibility index (Phi) is 6.44. The third-order valence-corrected chi connectivity index (χ3v) is 3.01. The SMILES string of the molecule is CSCC(C)NCc1cn(CCCO)nn1. The van der Waals surface area contributed by atoms with Crippen molar-refractivity contribution in [3.63, 3.8) is 0 Å². The number of aryl methyl sites for hydroxylation is 1. The van der Waals surface area contributed by atoms with Gasteiger partial charge in [0.1, 0.15) is 0 Å². The second-order valence-electron chi connectivity index (χ2n) is 3.79. The fourth-order valence-electron chi connectivity index (χ4n) is 1.35. The molecule has 0 fully saturated rings. The Bertz CT molecular complexity index is 292. The average molecular weight is 244 g/mol. The predicted molar refractivity (Wildman–Crippen MR) is 66.4 cm³/mol. The van der Waals surface area contributed by atoms with E-state index in [4.69, 9.17) is 5.11 Å². The highest BCUT2D eigenvalue weighted by Crippen LogP contribution is 1.99. The normalized spacial score (nSPS) is 12.9. The minimum Gasteiger partial charge on any atom is -0.396 e. The molecule has 6 heteroatoms. The summed E-state index contributed by atoms with van der Waals surface area (Å²) in [6.45, 7) is 3.83. The molecule has 2 N–H and O–H groups in total. The van der Waals surface area contributed by atoms with Crippen molar-refractivity contribution in [1.29, 1.82) is 0 Å². The van der Waals surface area contributed by atoms with Crippen molar-refractivity contribution in [3.8, 4) is 0 Å². The van der Waals surface area contributed by atoms with Gasteiger partial charge >= 0.3 is 0 Å². The van der Waals surface area contributed by atoms with Crippen LogP contribution in [0.2, 0.25) is 0 Å². The van der Waals surface area contributed by atoms with Crippen LogP contribution in [0.1, 0.15) is 19.0 Å². The molecule has 0 saturated heterocycles. The highest BCUT2D eigenvalue weighted by atomic mass is 32.2. The molecule has 0 spiro atoms. The van der Waals surface area contributed by atoms with Crippen LogP contribution in [0.3, 0.4) is 0 Å². The highest BCUT2D eigenvalue weighted by molar-refractivity contribution is 7.98. The molecule has 16 heavy (non-hydrogen) atoms. The Morgan fingerprint density at radius 1 is 1.62 bits per heavy atom. The lowest BCUT2D eigenvalue weighted by atomic mass is 10.3. The Morgan fingerprint density at radius 3 is 3.12 bits per heavy atom. The fourth-order valence-corrected chi connectivity index (χ4v) is 1.97. The molecule has 0 bridgehead atoms. The van der Waals surface area contributed by atoms with Crippen molar-refractivity contribution >= 4 is 11.8 Å². The van der Waals surface area contributed by atoms with Crippen molar-refractivity contribution in [3.05, 3.63) is 11.9 Å². The molecule has 0 aromatic carbocycles. The van der Waals surface area contributed by atoms with Crippen LogP contribution in [-0.2, 0) is 13.1 Å². The van der Waals surface area contributed by atoms with Gasteiger partial charge in [-0.25, -0.2) is 0 Å². The van der Waals surface area contributed by atoms with Gasteiger partial charge in [0.05, 0.1) is 5.69 Å². The van der Waals surface area contributed by atoms with Gasteiger partial charge in [-0.15, -0.1) is 5.10 Å². The highest BCUT2D eigenvalue weighted by Gasteiger charge is 2.03. The van der Waals surface area contributed by atoms with Gasteiger partial charge in [-0.05, 0) is 19.6 Å². The third-order valence-electron chi connectivity index (χ3n) is 2.18. The first-order valence-corrected chi connectivity index (χ1v) is 6.88. The van der Waals surface area contributed by atoms with E-state index >= 15 is 0 Å². The van der Waals surface area contributed by atoms with Gasteiger partial charge in [0.2, 0.25) is 0 Å². The lowest BCUT2D eigenvalue weighted by molar-refractivity contribution is 0.276. The topological polar surface area (TPSA) is 63.0 Å². The molecule has 0 aliphatic rings. The van der Waals surface area contributed by atoms with Gasteiger partial charge in [-0.3, -0.25) is 4.68 Å². The molecule has 1 aromatic heterocycles. The molecule has 5 nitrogen and oxygen atoms in total. The summed E-state index contributed by atoms with van der Waals surface area (Å²) in [5, 5.41) is 20.1. The van der Waals surface area contributed by atoms with Crippen LogP contribution in [0.4, 0.5) is 0 Å². The quantitative estimate of drug-likeness (QED) is 0.697. The Morgan fingerprint density at radius 2 is 2.44 bits per heavy atom. The standard InChI is InChI=1S/C10H20N4OS/c1-9(8-16-2)11-6-10-7-14(13-12-10)4-3-5-15/h7,9,11,15H,3-6,8H2,1-2H3. The average Bonchev–Trinajstić information content (AvgIpc) is 2.72. The van der Waals surface area contributed by atoms with E-state index in [9.17, 15) is 0 Å². The van der Waals surface area contributed by atoms with E-state index in [1.54, 1.807) is 4.68 Å². The van der Waals surface area contributed by atoms with Crippen molar-refractivity contribution in [2.45, 2.75) is 32.5 Å². The van der Waals surface area contributed by atoms with Gasteiger partial charge in [-0.2, -0.15) is 11.8 Å². The van der Waals surface area contributed by atoms with E-state index in [1.165, 1.54) is 0 Å². The van der Waals surface area contributed by atoms with E-state index in [0.29, 0.717) is 6.04 Å². The molecule has 1 aromatic rings. The molecule has 1 rings (SSSR count). The number of aromatic nitrogens is 3. The maximum absolute atomic E-state index is 8.69. The van der Waals surface area contributed by atoms with Gasteiger partial charge in [0.25, 0.3) is 0 Å². The van der Waals surface area contributed by atoms with Gasteiger partial charge in [-0.1, -0.05) is 5.21 Å². The largest absolute Gasteiger partial charge is 0.396 e. The predicted octanol–water partition coefficient (Wildman–Crippen LogP) is 0.502. The number of hydrogen-bond donors (Lipinski definition) is 2. The van der Waals surface area contributed by atoms with E-state index in [2.05, 4.69) is 28.8 Å². The first-order chi connectivity index (χ1) is 7.76. The zero-order valence-electron chi connectivity index (χ0n) is 9.89. The van der Waals surface area contributed by atoms with E-state index in [0.717, 1.165) is 31.0 Å². The zero-order chi connectivity index (χ0) is 11.8. The van der Waals surface area contributed by atoms with Crippen LogP contribution < -0.4 is 5.32 Å². The van der Waals surface area contributed by atoms with Crippen LogP contribution in [0.15, 0.2) is 6.20 Å². The molecular formula is C10H20N4OS. The summed E-state index contributed by atoms with van der Waals surface area (Å²) < 4.78 is 1.77. The van der Waals surface area contributed by atoms with Crippen molar-refractivity contribution in [2.24, 2.45) is 0 Å². The summed E-state index contributed by atoms with van der Waals surface area (Å²) in [7, 11) is 0. The Balaban J connectivity index is 2.28. The van der Waals surface area contributed by atoms with Crippen LogP contribution in [0, 0.1) is 0 Å². The van der Waals surface area contributed by atoms with Crippen LogP contribution in [0.25, 0.3) is 0 Å². The maximum Gasteiger partial charge on any atom is 0.0964 e. The van der Waals surface area contributed by atoms with E-state index < -0.39 is 0 Å². The monoisotopic (exact) mass is 244 g/mol. The molecule has 1 unspecified atom stereocenters. The molecule has 0 amide bonds. The molecule has 0 radical (unpaired) electrons. The summed E-state index contributed by atoms with van der Waals surface area (Å²) in [6, 6.07) is 0.484. The first-order valence-electron chi connectivity index (χ1n) is 5.48. The number of rotatable bonds is 8. The lowest BCUT2D eigenvalue weighted by Gasteiger charge is -2.10. The summed E-state index contributed by atoms with van der Waals surface area (Å²) in [4.78, 5) is 0. The molecule has 1 atom stereocenters. The first kappa shape index (κ1) is 13.5. The molecule has 0 aliphatic heterocycles. The molecule has 92 valence electrons. The van der Waals surface area contributed by atoms with Crippen molar-refractivity contribution in [1.82, 2.24) is 20.3 Å². The number of aliphatic hydroxyl groups excluding tert-OH is 1. The van der Waals surface area contributed by atoms with Gasteiger partial charge < -0.3 is 10.4 Å². The van der Waals surface area contributed by atoms with Gasteiger partial charge in [0, 0.05) is 37.7 Å². The second-order valence-corrected chi connectivity index (χ2v) is 4.70. The summed E-state index contributed by atoms with van der Waals surface area (Å²) in [6.07, 6.45) is 4.75. The van der Waals surface area contributed by atoms with Crippen molar-refractivity contribution < 1.29 is 5.11 Å².